The van der Waals surface area contributed by atoms with Gasteiger partial charge in [0.2, 0.25) is 5.91 Å². The Labute approximate surface area is 109 Å². The first-order chi connectivity index (χ1) is 8.48. The van der Waals surface area contributed by atoms with E-state index in [4.69, 9.17) is 5.11 Å². The monoisotopic (exact) mass is 255 g/mol. The predicted octanol–water partition coefficient (Wildman–Crippen LogP) is 2.72. The minimum absolute atomic E-state index is 0.117. The molecule has 1 fully saturated rings. The van der Waals surface area contributed by atoms with Crippen LogP contribution >= 0.6 is 0 Å². The highest BCUT2D eigenvalue weighted by atomic mass is 16.4. The van der Waals surface area contributed by atoms with Crippen molar-refractivity contribution in [2.45, 2.75) is 70.8 Å². The van der Waals surface area contributed by atoms with Crippen molar-refractivity contribution in [3.8, 4) is 0 Å². The van der Waals surface area contributed by atoms with E-state index in [1.807, 2.05) is 0 Å². The SMILES string of the molecule is CCC(C)(NC(=O)CC1CCCCCC1)C(=O)O. The largest absolute Gasteiger partial charge is 0.480 e. The molecule has 0 spiro atoms. The Kier molecular flexibility index (Phi) is 5.63. The van der Waals surface area contributed by atoms with E-state index in [0.29, 0.717) is 18.8 Å². The van der Waals surface area contributed by atoms with E-state index in [2.05, 4.69) is 5.32 Å². The van der Waals surface area contributed by atoms with E-state index in [9.17, 15) is 9.59 Å². The normalized spacial score (nSPS) is 20.8. The van der Waals surface area contributed by atoms with Crippen molar-refractivity contribution in [3.05, 3.63) is 0 Å². The van der Waals surface area contributed by atoms with Crippen LogP contribution in [0.5, 0.6) is 0 Å². The molecule has 1 aliphatic rings. The highest BCUT2D eigenvalue weighted by molar-refractivity contribution is 5.86. The second kappa shape index (κ2) is 6.76. The summed E-state index contributed by atoms with van der Waals surface area (Å²) in [5.74, 6) is -0.643. The molecule has 0 radical (unpaired) electrons. The van der Waals surface area contributed by atoms with Gasteiger partial charge in [-0.05, 0) is 32.1 Å². The van der Waals surface area contributed by atoms with Crippen LogP contribution in [-0.2, 0) is 9.59 Å². The number of carboxylic acid groups (broad SMARTS) is 1. The molecular weight excluding hydrogens is 230 g/mol. The molecule has 0 heterocycles. The number of carbonyl (C=O) groups is 2. The van der Waals surface area contributed by atoms with E-state index in [0.717, 1.165) is 12.8 Å². The third-order valence-electron chi connectivity index (χ3n) is 4.04. The zero-order valence-electron chi connectivity index (χ0n) is 11.5. The van der Waals surface area contributed by atoms with Crippen LogP contribution in [0.25, 0.3) is 0 Å². The molecule has 1 aliphatic carbocycles. The zero-order valence-corrected chi connectivity index (χ0v) is 11.5. The summed E-state index contributed by atoms with van der Waals surface area (Å²) in [7, 11) is 0. The Hall–Kier alpha value is -1.06. The quantitative estimate of drug-likeness (QED) is 0.742. The maximum atomic E-state index is 11.9. The van der Waals surface area contributed by atoms with Crippen LogP contribution in [0.15, 0.2) is 0 Å². The summed E-state index contributed by atoms with van der Waals surface area (Å²) in [6, 6.07) is 0. The fourth-order valence-electron chi connectivity index (χ4n) is 2.48. The number of carboxylic acids is 1. The minimum atomic E-state index is -1.12. The number of rotatable bonds is 5. The Morgan fingerprint density at radius 3 is 2.22 bits per heavy atom. The maximum absolute atomic E-state index is 11.9. The topological polar surface area (TPSA) is 66.4 Å². The fourth-order valence-corrected chi connectivity index (χ4v) is 2.48. The summed E-state index contributed by atoms with van der Waals surface area (Å²) in [6.07, 6.45) is 8.00. The number of hydrogen-bond donors (Lipinski definition) is 2. The summed E-state index contributed by atoms with van der Waals surface area (Å²) in [5.41, 5.74) is -1.12. The molecule has 0 bridgehead atoms. The lowest BCUT2D eigenvalue weighted by Crippen LogP contribution is -2.52. The summed E-state index contributed by atoms with van der Waals surface area (Å²) in [6.45, 7) is 3.35. The van der Waals surface area contributed by atoms with Gasteiger partial charge < -0.3 is 10.4 Å². The molecule has 0 aliphatic heterocycles. The summed E-state index contributed by atoms with van der Waals surface area (Å²) < 4.78 is 0. The molecule has 0 aromatic rings. The van der Waals surface area contributed by atoms with Crippen LogP contribution in [-0.4, -0.2) is 22.5 Å². The molecule has 1 atom stereocenters. The maximum Gasteiger partial charge on any atom is 0.329 e. The number of aliphatic carboxylic acids is 1. The van der Waals surface area contributed by atoms with Gasteiger partial charge in [-0.2, -0.15) is 0 Å². The molecule has 0 aromatic carbocycles. The summed E-state index contributed by atoms with van der Waals surface area (Å²) >= 11 is 0. The lowest BCUT2D eigenvalue weighted by molar-refractivity contribution is -0.147. The molecule has 1 saturated carbocycles. The lowest BCUT2D eigenvalue weighted by atomic mass is 9.94. The van der Waals surface area contributed by atoms with Gasteiger partial charge >= 0.3 is 5.97 Å². The second-order valence-corrected chi connectivity index (χ2v) is 5.60. The minimum Gasteiger partial charge on any atom is -0.480 e. The molecule has 2 N–H and O–H groups in total. The van der Waals surface area contributed by atoms with E-state index >= 15 is 0 Å². The van der Waals surface area contributed by atoms with Crippen LogP contribution in [0.2, 0.25) is 0 Å². The summed E-state index contributed by atoms with van der Waals surface area (Å²) in [5, 5.41) is 11.8. The molecule has 4 nitrogen and oxygen atoms in total. The van der Waals surface area contributed by atoms with Gasteiger partial charge in [0.05, 0.1) is 0 Å². The van der Waals surface area contributed by atoms with Crippen molar-refractivity contribution in [2.75, 3.05) is 0 Å². The van der Waals surface area contributed by atoms with E-state index < -0.39 is 11.5 Å². The third kappa shape index (κ3) is 4.31. The Morgan fingerprint density at radius 2 is 1.78 bits per heavy atom. The van der Waals surface area contributed by atoms with Gasteiger partial charge in [-0.1, -0.05) is 32.6 Å². The van der Waals surface area contributed by atoms with Crippen molar-refractivity contribution in [2.24, 2.45) is 5.92 Å². The molecule has 1 unspecified atom stereocenters. The van der Waals surface area contributed by atoms with Gasteiger partial charge in [-0.3, -0.25) is 4.79 Å². The van der Waals surface area contributed by atoms with Gasteiger partial charge in [-0.25, -0.2) is 4.79 Å². The molecular formula is C14H25NO3. The Balaban J connectivity index is 2.47. The molecule has 0 saturated heterocycles. The molecule has 104 valence electrons. The molecule has 1 rings (SSSR count). The highest BCUT2D eigenvalue weighted by Crippen LogP contribution is 2.25. The first-order valence-corrected chi connectivity index (χ1v) is 7.02. The van der Waals surface area contributed by atoms with Crippen LogP contribution in [0.3, 0.4) is 0 Å². The third-order valence-corrected chi connectivity index (χ3v) is 4.04. The van der Waals surface area contributed by atoms with E-state index in [1.165, 1.54) is 25.7 Å². The smallest absolute Gasteiger partial charge is 0.329 e. The first-order valence-electron chi connectivity index (χ1n) is 7.02. The van der Waals surface area contributed by atoms with Gasteiger partial charge in [0.15, 0.2) is 0 Å². The van der Waals surface area contributed by atoms with E-state index in [1.54, 1.807) is 13.8 Å². The Morgan fingerprint density at radius 1 is 1.22 bits per heavy atom. The molecule has 18 heavy (non-hydrogen) atoms. The highest BCUT2D eigenvalue weighted by Gasteiger charge is 2.33. The number of amides is 1. The van der Waals surface area contributed by atoms with Crippen molar-refractivity contribution >= 4 is 11.9 Å². The van der Waals surface area contributed by atoms with Crippen LogP contribution in [0, 0.1) is 5.92 Å². The zero-order chi connectivity index (χ0) is 13.6. The van der Waals surface area contributed by atoms with Gasteiger partial charge in [0.1, 0.15) is 5.54 Å². The van der Waals surface area contributed by atoms with Crippen molar-refractivity contribution in [3.63, 3.8) is 0 Å². The van der Waals surface area contributed by atoms with Crippen LogP contribution < -0.4 is 5.32 Å². The van der Waals surface area contributed by atoms with Crippen LogP contribution in [0.4, 0.5) is 0 Å². The molecule has 0 aromatic heterocycles. The fraction of sp³-hybridized carbons (Fsp3) is 0.857. The molecule has 4 heteroatoms. The predicted molar refractivity (Wildman–Crippen MR) is 70.3 cm³/mol. The second-order valence-electron chi connectivity index (χ2n) is 5.60. The van der Waals surface area contributed by atoms with Crippen LogP contribution in [0.1, 0.15) is 65.2 Å². The Bertz CT molecular complexity index is 295. The number of hydrogen-bond acceptors (Lipinski definition) is 2. The summed E-state index contributed by atoms with van der Waals surface area (Å²) in [4.78, 5) is 23.0. The average Bonchev–Trinajstić information content (AvgIpc) is 2.57. The van der Waals surface area contributed by atoms with Crippen molar-refractivity contribution < 1.29 is 14.7 Å². The van der Waals surface area contributed by atoms with Gasteiger partial charge in [0.25, 0.3) is 0 Å². The van der Waals surface area contributed by atoms with Crippen molar-refractivity contribution in [1.29, 1.82) is 0 Å². The van der Waals surface area contributed by atoms with Crippen molar-refractivity contribution in [1.82, 2.24) is 5.32 Å². The van der Waals surface area contributed by atoms with Gasteiger partial charge in [0, 0.05) is 6.42 Å². The van der Waals surface area contributed by atoms with Gasteiger partial charge in [-0.15, -0.1) is 0 Å². The average molecular weight is 255 g/mol. The molecule has 1 amide bonds. The number of carbonyl (C=O) groups excluding carboxylic acids is 1. The standard InChI is InChI=1S/C14H25NO3/c1-3-14(2,13(17)18)15-12(16)10-11-8-6-4-5-7-9-11/h11H,3-10H2,1-2H3,(H,15,16)(H,17,18). The van der Waals surface area contributed by atoms with E-state index in [-0.39, 0.29) is 5.91 Å². The number of nitrogens with one attached hydrogen (secondary N) is 1. The lowest BCUT2D eigenvalue weighted by Gasteiger charge is -2.25. The first kappa shape index (κ1) is 15.0.